The first-order valence-electron chi connectivity index (χ1n) is 21.1. The zero-order chi connectivity index (χ0) is 44.6. The molecule has 0 unspecified atom stereocenters. The first kappa shape index (κ1) is 50.3. The number of rotatable bonds is 10. The van der Waals surface area contributed by atoms with Gasteiger partial charge >= 0.3 is 7.25 Å². The summed E-state index contributed by atoms with van der Waals surface area (Å²) in [6.07, 6.45) is 17.8. The molecular formula is C52H54BF4O4P2Rh-. The molecule has 5 aliphatic rings. The fraction of sp³-hybridized carbons (Fsp3) is 0.231. The summed E-state index contributed by atoms with van der Waals surface area (Å²) in [5, 5.41) is 8.11. The van der Waals surface area contributed by atoms with E-state index < -0.39 is 23.1 Å². The van der Waals surface area contributed by atoms with Crippen LogP contribution in [0.2, 0.25) is 0 Å². The molecule has 0 fully saturated rings. The number of hydrogen-bond acceptors (Lipinski definition) is 4. The van der Waals surface area contributed by atoms with Crippen molar-refractivity contribution < 1.29 is 55.7 Å². The average molecular weight is 995 g/mol. The Hall–Kier alpha value is -4.73. The third-order valence-electron chi connectivity index (χ3n) is 10.8. The molecule has 0 saturated carbocycles. The summed E-state index contributed by atoms with van der Waals surface area (Å²) >= 11 is 0. The summed E-state index contributed by atoms with van der Waals surface area (Å²) in [5.74, 6) is 3.49. The van der Waals surface area contributed by atoms with E-state index >= 15 is 0 Å². The van der Waals surface area contributed by atoms with Gasteiger partial charge in [0.25, 0.3) is 0 Å². The minimum atomic E-state index is -6.00. The van der Waals surface area contributed by atoms with Gasteiger partial charge in [-0.1, -0.05) is 109 Å². The van der Waals surface area contributed by atoms with Crippen LogP contribution >= 0.6 is 15.8 Å². The van der Waals surface area contributed by atoms with Crippen molar-refractivity contribution in [3.8, 4) is 23.0 Å². The fourth-order valence-corrected chi connectivity index (χ4v) is 12.6. The number of ether oxygens (including phenoxy) is 4. The van der Waals surface area contributed by atoms with Gasteiger partial charge < -0.3 is 36.2 Å². The molecule has 337 valence electrons. The van der Waals surface area contributed by atoms with Gasteiger partial charge in [-0.15, -0.1) is 0 Å². The number of methoxy groups -OCH3 is 4. The van der Waals surface area contributed by atoms with Crippen LogP contribution in [0.3, 0.4) is 0 Å². The van der Waals surface area contributed by atoms with Crippen LogP contribution in [0.25, 0.3) is 0 Å². The number of benzene rings is 6. The van der Waals surface area contributed by atoms with E-state index in [9.17, 15) is 17.3 Å². The number of aryl methyl sites for hydroxylation is 4. The van der Waals surface area contributed by atoms with E-state index in [1.54, 1.807) is 28.4 Å². The van der Waals surface area contributed by atoms with Crippen molar-refractivity contribution in [3.63, 3.8) is 0 Å². The fourth-order valence-electron chi connectivity index (χ4n) is 7.56. The SMILES string of the molecule is C1=C\CC/C=C\CC/1.COc1ccc(P(c2ccc(OC)cc2)c2cc3ccc2CCc2ccc(c(P(c4ccc(OC)cc4)c4ccc(OC)cc4)c2)CC3)cc1.F[B-](F)(F)F.[Rh]. The van der Waals surface area contributed by atoms with E-state index in [0.717, 1.165) is 48.7 Å². The van der Waals surface area contributed by atoms with E-state index in [2.05, 4.69) is 158 Å². The molecular weight excluding hydrogens is 940 g/mol. The second-order valence-electron chi connectivity index (χ2n) is 15.0. The maximum atomic E-state index is 9.75. The second-order valence-corrected chi connectivity index (χ2v) is 19.4. The van der Waals surface area contributed by atoms with Crippen LogP contribution in [0.1, 0.15) is 47.9 Å². The first-order chi connectivity index (χ1) is 30.6. The smallest absolute Gasteiger partial charge is 0.497 e. The standard InChI is InChI=1S/C44H42O4P2.C8H12.BF4.Rh/c1-45-35-13-21-39(22-14-35)49(40-23-15-36(46-2)16-24-40)43-29-31-5-9-33(43)11-7-32-6-10-34(12-8-31)44(30-32)50(41-25-17-37(47-3)18-26-41)42-27-19-38(48-4)20-28-42;1-2-4-6-8-7-5-3-1;2-1(3,4)5;/h5-6,9-10,13-30H,7-8,11-12H2,1-4H3;1-2,7-8H,3-6H2;;/q;;-1;/b;2-1-,8-7-;;. The predicted octanol–water partition coefficient (Wildman–Crippen LogP) is 11.1. The summed E-state index contributed by atoms with van der Waals surface area (Å²) in [4.78, 5) is 0. The number of allylic oxidation sites excluding steroid dienone is 4. The monoisotopic (exact) mass is 994 g/mol. The van der Waals surface area contributed by atoms with Gasteiger partial charge in [-0.05, 0) is 170 Å². The third-order valence-corrected chi connectivity index (χ3v) is 15.9. The molecule has 4 bridgehead atoms. The topological polar surface area (TPSA) is 36.9 Å². The molecule has 0 spiro atoms. The van der Waals surface area contributed by atoms with Crippen molar-refractivity contribution in [3.05, 3.63) is 180 Å². The maximum Gasteiger partial charge on any atom is 0.673 e. The molecule has 6 aromatic carbocycles. The van der Waals surface area contributed by atoms with Gasteiger partial charge in [0, 0.05) is 19.5 Å². The van der Waals surface area contributed by atoms with Crippen molar-refractivity contribution in [2.45, 2.75) is 51.4 Å². The molecule has 0 atom stereocenters. The van der Waals surface area contributed by atoms with Crippen molar-refractivity contribution in [1.82, 2.24) is 0 Å². The molecule has 11 rings (SSSR count). The van der Waals surface area contributed by atoms with Gasteiger partial charge in [0.15, 0.2) is 0 Å². The summed E-state index contributed by atoms with van der Waals surface area (Å²) in [6, 6.07) is 49.1. The zero-order valence-corrected chi connectivity index (χ0v) is 40.0. The van der Waals surface area contributed by atoms with Crippen LogP contribution in [0, 0.1) is 0 Å². The molecule has 12 heteroatoms. The Balaban J connectivity index is 0.000000477. The molecule has 0 aromatic heterocycles. The largest absolute Gasteiger partial charge is 0.673 e. The molecule has 64 heavy (non-hydrogen) atoms. The van der Waals surface area contributed by atoms with Gasteiger partial charge in [-0.3, -0.25) is 0 Å². The molecule has 0 aliphatic heterocycles. The molecule has 0 N–H and O–H groups in total. The Labute approximate surface area is 391 Å². The molecule has 0 heterocycles. The van der Waals surface area contributed by atoms with Crippen molar-refractivity contribution in [2.24, 2.45) is 0 Å². The van der Waals surface area contributed by atoms with E-state index in [4.69, 9.17) is 18.9 Å². The predicted molar refractivity (Wildman–Crippen MR) is 258 cm³/mol. The van der Waals surface area contributed by atoms with Gasteiger partial charge in [0.1, 0.15) is 23.0 Å². The first-order valence-corrected chi connectivity index (χ1v) is 23.8. The van der Waals surface area contributed by atoms with Crippen LogP contribution < -0.4 is 50.8 Å². The number of hydrogen-bond donors (Lipinski definition) is 0. The van der Waals surface area contributed by atoms with Crippen LogP contribution in [0.15, 0.2) is 158 Å². The molecule has 1 radical (unpaired) electrons. The Morgan fingerprint density at radius 1 is 0.375 bits per heavy atom. The molecule has 0 amide bonds. The number of halogens is 4. The van der Waals surface area contributed by atoms with Crippen LogP contribution in [-0.2, 0) is 45.2 Å². The van der Waals surface area contributed by atoms with E-state index in [1.165, 1.54) is 79.8 Å². The van der Waals surface area contributed by atoms with Crippen LogP contribution in [0.4, 0.5) is 17.3 Å². The normalized spacial score (nSPS) is 14.2. The average Bonchev–Trinajstić information content (AvgIpc) is 3.28. The second kappa shape index (κ2) is 25.1. The summed E-state index contributed by atoms with van der Waals surface area (Å²) in [6.45, 7) is 0. The van der Waals surface area contributed by atoms with Crippen molar-refractivity contribution >= 4 is 54.9 Å². The van der Waals surface area contributed by atoms with Gasteiger partial charge in [0.05, 0.1) is 28.4 Å². The Morgan fingerprint density at radius 3 is 0.859 bits per heavy atom. The van der Waals surface area contributed by atoms with Crippen LogP contribution in [0.5, 0.6) is 23.0 Å². The molecule has 6 aromatic rings. The maximum absolute atomic E-state index is 9.75. The summed E-state index contributed by atoms with van der Waals surface area (Å²) in [7, 11) is -0.713. The molecule has 0 saturated heterocycles. The van der Waals surface area contributed by atoms with E-state index in [1.807, 2.05) is 0 Å². The van der Waals surface area contributed by atoms with Crippen molar-refractivity contribution in [1.29, 1.82) is 0 Å². The van der Waals surface area contributed by atoms with Crippen LogP contribution in [-0.4, -0.2) is 35.7 Å². The van der Waals surface area contributed by atoms with Gasteiger partial charge in [0.2, 0.25) is 0 Å². The minimum Gasteiger partial charge on any atom is -0.497 e. The Bertz CT molecular complexity index is 2130. The third kappa shape index (κ3) is 14.6. The summed E-state index contributed by atoms with van der Waals surface area (Å²) < 4.78 is 61.1. The van der Waals surface area contributed by atoms with E-state index in [-0.39, 0.29) is 19.5 Å². The summed E-state index contributed by atoms with van der Waals surface area (Å²) in [5.41, 5.74) is 5.55. The zero-order valence-electron chi connectivity index (χ0n) is 36.6. The van der Waals surface area contributed by atoms with Crippen molar-refractivity contribution in [2.75, 3.05) is 28.4 Å². The molecule has 4 nitrogen and oxygen atoms in total. The molecule has 5 aliphatic carbocycles. The Morgan fingerprint density at radius 2 is 0.625 bits per heavy atom. The Kier molecular flexibility index (Phi) is 19.7. The van der Waals surface area contributed by atoms with Gasteiger partial charge in [-0.25, -0.2) is 0 Å². The van der Waals surface area contributed by atoms with E-state index in [0.29, 0.717) is 0 Å². The quantitative estimate of drug-likeness (QED) is 0.0593. The minimum absolute atomic E-state index is 0. The van der Waals surface area contributed by atoms with Gasteiger partial charge in [-0.2, -0.15) is 0 Å².